The van der Waals surface area contributed by atoms with Gasteiger partial charge in [-0.15, -0.1) is 0 Å². The van der Waals surface area contributed by atoms with E-state index in [2.05, 4.69) is 21.7 Å². The highest BCUT2D eigenvalue weighted by atomic mass is 15.0. The van der Waals surface area contributed by atoms with Crippen LogP contribution >= 0.6 is 0 Å². The van der Waals surface area contributed by atoms with Crippen LogP contribution in [0.15, 0.2) is 12.3 Å². The van der Waals surface area contributed by atoms with Gasteiger partial charge in [0.1, 0.15) is 11.9 Å². The standard InChI is InChI=1S/C14H20N4/c1-10-7-8-17-14(13(10)9-15)18-12-5-3-11(16-2)4-6-12/h7-8,11-12,16H,3-6H2,1-2H3,(H,17,18). The zero-order valence-electron chi connectivity index (χ0n) is 11.0. The Balaban J connectivity index is 2.03. The molecule has 4 heteroatoms. The molecule has 0 bridgehead atoms. The first-order chi connectivity index (χ1) is 8.74. The maximum absolute atomic E-state index is 9.17. The minimum absolute atomic E-state index is 0.441. The second-order valence-corrected chi connectivity index (χ2v) is 4.94. The van der Waals surface area contributed by atoms with Crippen LogP contribution in [0.1, 0.15) is 36.8 Å². The van der Waals surface area contributed by atoms with E-state index in [0.29, 0.717) is 17.6 Å². The third kappa shape index (κ3) is 2.80. The summed E-state index contributed by atoms with van der Waals surface area (Å²) in [6, 6.07) is 5.20. The van der Waals surface area contributed by atoms with Gasteiger partial charge in [-0.25, -0.2) is 4.98 Å². The summed E-state index contributed by atoms with van der Waals surface area (Å²) in [5.74, 6) is 0.741. The number of aromatic nitrogens is 1. The van der Waals surface area contributed by atoms with Crippen LogP contribution in [-0.2, 0) is 0 Å². The lowest BCUT2D eigenvalue weighted by atomic mass is 9.91. The van der Waals surface area contributed by atoms with E-state index >= 15 is 0 Å². The molecule has 18 heavy (non-hydrogen) atoms. The summed E-state index contributed by atoms with van der Waals surface area (Å²) in [4.78, 5) is 4.29. The van der Waals surface area contributed by atoms with E-state index in [1.807, 2.05) is 20.0 Å². The number of nitrogens with zero attached hydrogens (tertiary/aromatic N) is 2. The molecular formula is C14H20N4. The summed E-state index contributed by atoms with van der Waals surface area (Å²) in [7, 11) is 2.02. The van der Waals surface area contributed by atoms with Gasteiger partial charge in [-0.3, -0.25) is 0 Å². The van der Waals surface area contributed by atoms with E-state index in [0.717, 1.165) is 24.2 Å². The molecule has 0 saturated heterocycles. The number of rotatable bonds is 3. The van der Waals surface area contributed by atoms with Crippen LogP contribution in [0.4, 0.5) is 5.82 Å². The predicted molar refractivity (Wildman–Crippen MR) is 72.4 cm³/mol. The Kier molecular flexibility index (Phi) is 4.16. The van der Waals surface area contributed by atoms with Gasteiger partial charge in [0.25, 0.3) is 0 Å². The van der Waals surface area contributed by atoms with E-state index < -0.39 is 0 Å². The molecule has 0 aliphatic heterocycles. The van der Waals surface area contributed by atoms with Crippen LogP contribution in [-0.4, -0.2) is 24.1 Å². The quantitative estimate of drug-likeness (QED) is 0.855. The summed E-state index contributed by atoms with van der Waals surface area (Å²) in [5, 5.41) is 15.9. The molecule has 2 N–H and O–H groups in total. The normalized spacial score (nSPS) is 23.4. The number of aryl methyl sites for hydroxylation is 1. The van der Waals surface area contributed by atoms with Crippen molar-refractivity contribution in [3.63, 3.8) is 0 Å². The maximum atomic E-state index is 9.17. The fourth-order valence-corrected chi connectivity index (χ4v) is 2.53. The molecule has 0 spiro atoms. The molecular weight excluding hydrogens is 224 g/mol. The number of nitriles is 1. The van der Waals surface area contributed by atoms with E-state index in [1.165, 1.54) is 12.8 Å². The molecule has 1 aliphatic rings. The van der Waals surface area contributed by atoms with Crippen LogP contribution < -0.4 is 10.6 Å². The monoisotopic (exact) mass is 244 g/mol. The highest BCUT2D eigenvalue weighted by molar-refractivity contribution is 5.55. The fraction of sp³-hybridized carbons (Fsp3) is 0.571. The maximum Gasteiger partial charge on any atom is 0.144 e. The van der Waals surface area contributed by atoms with Gasteiger partial charge in [0.2, 0.25) is 0 Å². The third-order valence-electron chi connectivity index (χ3n) is 3.75. The molecule has 0 amide bonds. The molecule has 1 aromatic rings. The van der Waals surface area contributed by atoms with Gasteiger partial charge < -0.3 is 10.6 Å². The summed E-state index contributed by atoms with van der Waals surface area (Å²) in [6.45, 7) is 1.95. The minimum atomic E-state index is 0.441. The average molecular weight is 244 g/mol. The van der Waals surface area contributed by atoms with Crippen molar-refractivity contribution >= 4 is 5.82 Å². The third-order valence-corrected chi connectivity index (χ3v) is 3.75. The van der Waals surface area contributed by atoms with Crippen molar-refractivity contribution in [2.45, 2.75) is 44.7 Å². The van der Waals surface area contributed by atoms with Crippen molar-refractivity contribution in [1.82, 2.24) is 10.3 Å². The number of nitrogens with one attached hydrogen (secondary N) is 2. The van der Waals surface area contributed by atoms with Crippen molar-refractivity contribution in [2.24, 2.45) is 0 Å². The van der Waals surface area contributed by atoms with E-state index in [1.54, 1.807) is 6.20 Å². The molecule has 0 aromatic carbocycles. The number of anilines is 1. The number of hydrogen-bond acceptors (Lipinski definition) is 4. The second-order valence-electron chi connectivity index (χ2n) is 4.94. The lowest BCUT2D eigenvalue weighted by Crippen LogP contribution is -2.35. The minimum Gasteiger partial charge on any atom is -0.366 e. The van der Waals surface area contributed by atoms with Gasteiger partial charge in [-0.1, -0.05) is 0 Å². The Hall–Kier alpha value is -1.60. The van der Waals surface area contributed by atoms with E-state index in [4.69, 9.17) is 5.26 Å². The SMILES string of the molecule is CNC1CCC(Nc2nccc(C)c2C#N)CC1. The number of hydrogen-bond donors (Lipinski definition) is 2. The van der Waals surface area contributed by atoms with Gasteiger partial charge in [0.15, 0.2) is 0 Å². The smallest absolute Gasteiger partial charge is 0.144 e. The van der Waals surface area contributed by atoms with Crippen molar-refractivity contribution < 1.29 is 0 Å². The summed E-state index contributed by atoms with van der Waals surface area (Å²) < 4.78 is 0. The first kappa shape index (κ1) is 12.8. The van der Waals surface area contributed by atoms with Gasteiger partial charge >= 0.3 is 0 Å². The van der Waals surface area contributed by atoms with Crippen LogP contribution in [0, 0.1) is 18.3 Å². The summed E-state index contributed by atoms with van der Waals surface area (Å²) >= 11 is 0. The van der Waals surface area contributed by atoms with Gasteiger partial charge in [0, 0.05) is 18.3 Å². The first-order valence-corrected chi connectivity index (χ1v) is 6.54. The Morgan fingerprint density at radius 2 is 1.94 bits per heavy atom. The lowest BCUT2D eigenvalue weighted by Gasteiger charge is -2.29. The van der Waals surface area contributed by atoms with Crippen LogP contribution in [0.5, 0.6) is 0 Å². The van der Waals surface area contributed by atoms with Crippen LogP contribution in [0.2, 0.25) is 0 Å². The van der Waals surface area contributed by atoms with E-state index in [-0.39, 0.29) is 0 Å². The highest BCUT2D eigenvalue weighted by Crippen LogP contribution is 2.23. The Morgan fingerprint density at radius 3 is 2.56 bits per heavy atom. The molecule has 0 radical (unpaired) electrons. The zero-order valence-corrected chi connectivity index (χ0v) is 11.0. The largest absolute Gasteiger partial charge is 0.366 e. The lowest BCUT2D eigenvalue weighted by molar-refractivity contribution is 0.371. The fourth-order valence-electron chi connectivity index (χ4n) is 2.53. The molecule has 1 aliphatic carbocycles. The summed E-state index contributed by atoms with van der Waals surface area (Å²) in [5.41, 5.74) is 1.66. The van der Waals surface area contributed by atoms with Crippen molar-refractivity contribution in [1.29, 1.82) is 5.26 Å². The Morgan fingerprint density at radius 1 is 1.28 bits per heavy atom. The van der Waals surface area contributed by atoms with Gasteiger partial charge in [-0.2, -0.15) is 5.26 Å². The summed E-state index contributed by atoms with van der Waals surface area (Å²) in [6.07, 6.45) is 6.39. The molecule has 1 fully saturated rings. The van der Waals surface area contributed by atoms with Gasteiger partial charge in [-0.05, 0) is 51.3 Å². The topological polar surface area (TPSA) is 60.7 Å². The molecule has 1 aromatic heterocycles. The van der Waals surface area contributed by atoms with Crippen molar-refractivity contribution in [2.75, 3.05) is 12.4 Å². The number of pyridine rings is 1. The Labute approximate surface area is 108 Å². The molecule has 1 heterocycles. The first-order valence-electron chi connectivity index (χ1n) is 6.54. The second kappa shape index (κ2) is 5.83. The Bertz CT molecular complexity index is 442. The molecule has 1 saturated carbocycles. The van der Waals surface area contributed by atoms with E-state index in [9.17, 15) is 0 Å². The van der Waals surface area contributed by atoms with Crippen molar-refractivity contribution in [3.05, 3.63) is 23.4 Å². The van der Waals surface area contributed by atoms with Gasteiger partial charge in [0.05, 0.1) is 5.56 Å². The van der Waals surface area contributed by atoms with Crippen LogP contribution in [0.25, 0.3) is 0 Å². The average Bonchev–Trinajstić information content (AvgIpc) is 2.40. The van der Waals surface area contributed by atoms with Crippen LogP contribution in [0.3, 0.4) is 0 Å². The molecule has 0 atom stereocenters. The molecule has 96 valence electrons. The molecule has 2 rings (SSSR count). The highest BCUT2D eigenvalue weighted by Gasteiger charge is 2.21. The molecule has 0 unspecified atom stereocenters. The predicted octanol–water partition coefficient (Wildman–Crippen LogP) is 2.20. The molecule has 4 nitrogen and oxygen atoms in total. The zero-order chi connectivity index (χ0) is 13.0. The van der Waals surface area contributed by atoms with Crippen molar-refractivity contribution in [3.8, 4) is 6.07 Å².